The molecule has 7 nitrogen and oxygen atoms in total. The van der Waals surface area contributed by atoms with E-state index < -0.39 is 11.9 Å². The Morgan fingerprint density at radius 3 is 2.07 bits per heavy atom. The van der Waals surface area contributed by atoms with Crippen LogP contribution in [0.2, 0.25) is 0 Å². The SMILES string of the molecule is COC(=O)c1ccc(NC(=O)N(Cc2ccccc2)[C@@H]2c3ccccc3CC[C@H]2Cc2ccccc2)cc1C(=O)OC. The average molecular weight is 563 g/mol. The lowest BCUT2D eigenvalue weighted by atomic mass is 9.76. The lowest BCUT2D eigenvalue weighted by Gasteiger charge is -2.41. The Morgan fingerprint density at radius 1 is 0.762 bits per heavy atom. The number of amides is 2. The fourth-order valence-corrected chi connectivity index (χ4v) is 5.82. The molecule has 2 amide bonds. The van der Waals surface area contributed by atoms with Crippen LogP contribution >= 0.6 is 0 Å². The number of rotatable bonds is 8. The van der Waals surface area contributed by atoms with Crippen LogP contribution in [0.5, 0.6) is 0 Å². The van der Waals surface area contributed by atoms with Crippen LogP contribution in [-0.2, 0) is 28.9 Å². The Kier molecular flexibility index (Phi) is 8.97. The maximum atomic E-state index is 14.3. The minimum absolute atomic E-state index is 0.0155. The largest absolute Gasteiger partial charge is 0.465 e. The summed E-state index contributed by atoms with van der Waals surface area (Å²) in [6.45, 7) is 0.390. The molecule has 0 fully saturated rings. The van der Waals surface area contributed by atoms with Gasteiger partial charge in [-0.1, -0.05) is 84.9 Å². The molecule has 42 heavy (non-hydrogen) atoms. The van der Waals surface area contributed by atoms with Gasteiger partial charge in [-0.3, -0.25) is 0 Å². The maximum Gasteiger partial charge on any atom is 0.338 e. The molecule has 2 atom stereocenters. The molecule has 4 aromatic carbocycles. The van der Waals surface area contributed by atoms with Crippen molar-refractivity contribution in [3.05, 3.63) is 137 Å². The first-order valence-electron chi connectivity index (χ1n) is 14.0. The number of aryl methyl sites for hydroxylation is 1. The summed E-state index contributed by atoms with van der Waals surface area (Å²) in [4.78, 5) is 41.0. The second-order valence-electron chi connectivity index (χ2n) is 10.4. The van der Waals surface area contributed by atoms with Crippen molar-refractivity contribution in [1.29, 1.82) is 0 Å². The first-order valence-corrected chi connectivity index (χ1v) is 14.0. The Bertz CT molecular complexity index is 1550. The number of anilines is 1. The normalized spacial score (nSPS) is 15.7. The quantitative estimate of drug-likeness (QED) is 0.238. The third-order valence-electron chi connectivity index (χ3n) is 7.82. The maximum absolute atomic E-state index is 14.3. The van der Waals surface area contributed by atoms with Crippen molar-refractivity contribution < 1.29 is 23.9 Å². The number of carbonyl (C=O) groups is 3. The summed E-state index contributed by atoms with van der Waals surface area (Å²) < 4.78 is 9.72. The van der Waals surface area contributed by atoms with E-state index in [2.05, 4.69) is 29.6 Å². The summed E-state index contributed by atoms with van der Waals surface area (Å²) in [6, 6.07) is 32.7. The molecule has 1 aliphatic rings. The number of methoxy groups -OCH3 is 2. The summed E-state index contributed by atoms with van der Waals surface area (Å²) in [6.07, 6.45) is 2.72. The van der Waals surface area contributed by atoms with Gasteiger partial charge in [-0.2, -0.15) is 0 Å². The van der Waals surface area contributed by atoms with E-state index in [4.69, 9.17) is 9.47 Å². The summed E-state index contributed by atoms with van der Waals surface area (Å²) in [7, 11) is 2.48. The number of carbonyl (C=O) groups excluding carboxylic acids is 3. The van der Waals surface area contributed by atoms with E-state index in [0.29, 0.717) is 12.2 Å². The minimum atomic E-state index is -0.697. The Morgan fingerprint density at radius 2 is 1.38 bits per heavy atom. The number of esters is 2. The van der Waals surface area contributed by atoms with E-state index in [0.717, 1.165) is 30.4 Å². The third kappa shape index (κ3) is 6.36. The smallest absolute Gasteiger partial charge is 0.338 e. The van der Waals surface area contributed by atoms with Gasteiger partial charge in [0.25, 0.3) is 0 Å². The van der Waals surface area contributed by atoms with E-state index in [1.54, 1.807) is 6.07 Å². The van der Waals surface area contributed by atoms with Crippen molar-refractivity contribution in [2.45, 2.75) is 31.8 Å². The fraction of sp³-hybridized carbons (Fsp3) is 0.229. The number of urea groups is 1. The summed E-state index contributed by atoms with van der Waals surface area (Å²) in [5.74, 6) is -1.18. The Hall–Kier alpha value is -4.91. The molecule has 1 aliphatic carbocycles. The monoisotopic (exact) mass is 562 g/mol. The molecule has 0 heterocycles. The molecule has 0 radical (unpaired) electrons. The van der Waals surface area contributed by atoms with E-state index in [-0.39, 0.29) is 29.1 Å². The number of ether oxygens (including phenoxy) is 2. The fourth-order valence-electron chi connectivity index (χ4n) is 5.82. The number of hydrogen-bond acceptors (Lipinski definition) is 5. The molecule has 5 rings (SSSR count). The van der Waals surface area contributed by atoms with Gasteiger partial charge < -0.3 is 19.7 Å². The molecule has 7 heteroatoms. The number of fused-ring (bicyclic) bond motifs is 1. The van der Waals surface area contributed by atoms with Gasteiger partial charge in [0.1, 0.15) is 0 Å². The number of benzene rings is 4. The predicted molar refractivity (Wildman–Crippen MR) is 161 cm³/mol. The van der Waals surface area contributed by atoms with Crippen LogP contribution < -0.4 is 5.32 Å². The summed E-state index contributed by atoms with van der Waals surface area (Å²) in [5, 5.41) is 3.01. The highest BCUT2D eigenvalue weighted by molar-refractivity contribution is 6.04. The highest BCUT2D eigenvalue weighted by atomic mass is 16.5. The van der Waals surface area contributed by atoms with Crippen LogP contribution in [0.25, 0.3) is 0 Å². The molecule has 0 bridgehead atoms. The first-order chi connectivity index (χ1) is 20.5. The van der Waals surface area contributed by atoms with Crippen molar-refractivity contribution in [2.75, 3.05) is 19.5 Å². The van der Waals surface area contributed by atoms with Crippen molar-refractivity contribution in [3.63, 3.8) is 0 Å². The first kappa shape index (κ1) is 28.6. The zero-order valence-corrected chi connectivity index (χ0v) is 23.8. The van der Waals surface area contributed by atoms with E-state index in [1.807, 2.05) is 65.6 Å². The third-order valence-corrected chi connectivity index (χ3v) is 7.82. The van der Waals surface area contributed by atoms with Gasteiger partial charge in [0.05, 0.1) is 31.4 Å². The topological polar surface area (TPSA) is 84.9 Å². The van der Waals surface area contributed by atoms with Crippen molar-refractivity contribution >= 4 is 23.7 Å². The minimum Gasteiger partial charge on any atom is -0.465 e. The standard InChI is InChI=1S/C35H34N2O5/c1-41-33(38)30-20-19-28(22-31(30)34(39)42-2)36-35(40)37(23-25-13-7-4-8-14-25)32-27(21-24-11-5-3-6-12-24)18-17-26-15-9-10-16-29(26)32/h3-16,19-20,22,27,32H,17-18,21,23H2,1-2H3,(H,36,40)/t27-,32-/m0/s1. The zero-order chi connectivity index (χ0) is 29.5. The van der Waals surface area contributed by atoms with Gasteiger partial charge >= 0.3 is 18.0 Å². The van der Waals surface area contributed by atoms with Crippen molar-refractivity contribution in [3.8, 4) is 0 Å². The van der Waals surface area contributed by atoms with Crippen LogP contribution in [-0.4, -0.2) is 37.1 Å². The number of hydrogen-bond donors (Lipinski definition) is 1. The van der Waals surface area contributed by atoms with Crippen molar-refractivity contribution in [1.82, 2.24) is 4.90 Å². The highest BCUT2D eigenvalue weighted by Gasteiger charge is 2.36. The molecule has 4 aromatic rings. The van der Waals surface area contributed by atoms with Crippen LogP contribution in [0.1, 0.15) is 55.4 Å². The van der Waals surface area contributed by atoms with Gasteiger partial charge in [0.2, 0.25) is 0 Å². The van der Waals surface area contributed by atoms with Gasteiger partial charge in [0.15, 0.2) is 0 Å². The molecule has 0 aliphatic heterocycles. The van der Waals surface area contributed by atoms with Crippen LogP contribution in [0.15, 0.2) is 103 Å². The molecule has 214 valence electrons. The zero-order valence-electron chi connectivity index (χ0n) is 23.8. The number of nitrogens with zero attached hydrogens (tertiary/aromatic N) is 1. The van der Waals surface area contributed by atoms with Gasteiger partial charge in [-0.25, -0.2) is 14.4 Å². The lowest BCUT2D eigenvalue weighted by Crippen LogP contribution is -2.43. The molecule has 0 spiro atoms. The second-order valence-corrected chi connectivity index (χ2v) is 10.4. The molecular weight excluding hydrogens is 528 g/mol. The molecule has 0 saturated carbocycles. The van der Waals surface area contributed by atoms with E-state index in [1.165, 1.54) is 37.5 Å². The Balaban J connectivity index is 1.54. The molecule has 0 saturated heterocycles. The average Bonchev–Trinajstić information content (AvgIpc) is 3.04. The number of nitrogens with one attached hydrogen (secondary N) is 1. The Labute approximate surface area is 246 Å². The van der Waals surface area contributed by atoms with Gasteiger partial charge in [-0.05, 0) is 65.6 Å². The molecular formula is C35H34N2O5. The van der Waals surface area contributed by atoms with Crippen LogP contribution in [0.3, 0.4) is 0 Å². The molecule has 0 unspecified atom stereocenters. The molecule has 1 N–H and O–H groups in total. The summed E-state index contributed by atoms with van der Waals surface area (Å²) >= 11 is 0. The van der Waals surface area contributed by atoms with Crippen LogP contribution in [0.4, 0.5) is 10.5 Å². The van der Waals surface area contributed by atoms with E-state index in [9.17, 15) is 14.4 Å². The predicted octanol–water partition coefficient (Wildman–Crippen LogP) is 6.84. The van der Waals surface area contributed by atoms with Gasteiger partial charge in [0, 0.05) is 12.2 Å². The lowest BCUT2D eigenvalue weighted by molar-refractivity contribution is 0.0555. The van der Waals surface area contributed by atoms with Gasteiger partial charge in [-0.15, -0.1) is 0 Å². The molecule has 0 aromatic heterocycles. The summed E-state index contributed by atoms with van der Waals surface area (Å²) in [5.41, 5.74) is 5.07. The van der Waals surface area contributed by atoms with Crippen molar-refractivity contribution in [2.24, 2.45) is 5.92 Å². The second kappa shape index (κ2) is 13.2. The van der Waals surface area contributed by atoms with E-state index >= 15 is 0 Å². The highest BCUT2D eigenvalue weighted by Crippen LogP contribution is 2.41. The van der Waals surface area contributed by atoms with Crippen LogP contribution in [0, 0.1) is 5.92 Å².